The zero-order valence-electron chi connectivity index (χ0n) is 12.7. The third-order valence-electron chi connectivity index (χ3n) is 6.15. The molecule has 1 heterocycles. The minimum atomic E-state index is 0.453. The normalized spacial score (nSPS) is 44.2. The van der Waals surface area contributed by atoms with Crippen LogP contribution in [0.4, 0.5) is 0 Å². The number of nitrogens with two attached hydrogens (primary N) is 1. The van der Waals surface area contributed by atoms with Crippen LogP contribution in [0.2, 0.25) is 0 Å². The van der Waals surface area contributed by atoms with Gasteiger partial charge in [-0.1, -0.05) is 32.6 Å². The van der Waals surface area contributed by atoms with Gasteiger partial charge in [0.1, 0.15) is 0 Å². The smallest absolute Gasteiger partial charge is 0.0252 e. The second kappa shape index (κ2) is 6.13. The molecule has 0 spiro atoms. The lowest BCUT2D eigenvalue weighted by Crippen LogP contribution is -2.53. The van der Waals surface area contributed by atoms with Gasteiger partial charge in [0.15, 0.2) is 0 Å². The number of likely N-dealkylation sites (tertiary alicyclic amines) is 1. The molecular weight excluding hydrogens is 232 g/mol. The summed E-state index contributed by atoms with van der Waals surface area (Å²) in [6.07, 6.45) is 14.1. The number of hydrogen-bond donors (Lipinski definition) is 1. The lowest BCUT2D eigenvalue weighted by Gasteiger charge is -2.44. The van der Waals surface area contributed by atoms with E-state index in [1.807, 2.05) is 0 Å². The summed E-state index contributed by atoms with van der Waals surface area (Å²) in [6.45, 7) is 3.67. The summed E-state index contributed by atoms with van der Waals surface area (Å²) in [7, 11) is 0. The largest absolute Gasteiger partial charge is 0.326 e. The van der Waals surface area contributed by atoms with Crippen LogP contribution in [-0.4, -0.2) is 29.6 Å². The number of hydrogen-bond acceptors (Lipinski definition) is 2. The average Bonchev–Trinajstić information content (AvgIpc) is 2.85. The van der Waals surface area contributed by atoms with Crippen LogP contribution in [0.25, 0.3) is 0 Å². The van der Waals surface area contributed by atoms with E-state index in [1.54, 1.807) is 0 Å². The maximum atomic E-state index is 6.50. The molecule has 5 unspecified atom stereocenters. The molecule has 3 rings (SSSR count). The Labute approximate surface area is 119 Å². The molecule has 3 fully saturated rings. The van der Waals surface area contributed by atoms with Gasteiger partial charge >= 0.3 is 0 Å². The van der Waals surface area contributed by atoms with Gasteiger partial charge in [-0.25, -0.2) is 0 Å². The Kier molecular flexibility index (Phi) is 4.48. The van der Waals surface area contributed by atoms with Crippen molar-refractivity contribution < 1.29 is 0 Å². The van der Waals surface area contributed by atoms with E-state index in [-0.39, 0.29) is 0 Å². The van der Waals surface area contributed by atoms with E-state index in [1.165, 1.54) is 70.8 Å². The molecule has 0 bridgehead atoms. The summed E-state index contributed by atoms with van der Waals surface area (Å²) in [5.41, 5.74) is 6.50. The third-order valence-corrected chi connectivity index (χ3v) is 6.15. The maximum Gasteiger partial charge on any atom is 0.0252 e. The molecule has 0 aromatic heterocycles. The molecule has 0 radical (unpaired) electrons. The van der Waals surface area contributed by atoms with Crippen LogP contribution >= 0.6 is 0 Å². The van der Waals surface area contributed by atoms with Gasteiger partial charge < -0.3 is 5.73 Å². The molecule has 0 amide bonds. The van der Waals surface area contributed by atoms with Gasteiger partial charge in [-0.3, -0.25) is 4.90 Å². The first-order valence-electron chi connectivity index (χ1n) is 8.81. The van der Waals surface area contributed by atoms with E-state index >= 15 is 0 Å². The zero-order valence-corrected chi connectivity index (χ0v) is 12.7. The van der Waals surface area contributed by atoms with E-state index in [0.29, 0.717) is 12.1 Å². The predicted molar refractivity (Wildman–Crippen MR) is 81.1 cm³/mol. The number of nitrogens with zero attached hydrogens (tertiary/aromatic N) is 1. The maximum absolute atomic E-state index is 6.50. The van der Waals surface area contributed by atoms with Crippen LogP contribution < -0.4 is 5.73 Å². The number of rotatable bonds is 3. The van der Waals surface area contributed by atoms with E-state index in [4.69, 9.17) is 5.73 Å². The molecular formula is C17H32N2. The lowest BCUT2D eigenvalue weighted by atomic mass is 9.78. The first-order chi connectivity index (χ1) is 9.29. The first kappa shape index (κ1) is 13.9. The van der Waals surface area contributed by atoms with Crippen LogP contribution in [0.15, 0.2) is 0 Å². The van der Waals surface area contributed by atoms with Gasteiger partial charge in [0, 0.05) is 18.1 Å². The van der Waals surface area contributed by atoms with Crippen LogP contribution in [-0.2, 0) is 0 Å². The minimum Gasteiger partial charge on any atom is -0.326 e. The zero-order chi connectivity index (χ0) is 13.2. The first-order valence-corrected chi connectivity index (χ1v) is 8.81. The van der Waals surface area contributed by atoms with Gasteiger partial charge in [-0.15, -0.1) is 0 Å². The van der Waals surface area contributed by atoms with E-state index < -0.39 is 0 Å². The molecule has 0 aromatic rings. The van der Waals surface area contributed by atoms with Crippen molar-refractivity contribution in [3.8, 4) is 0 Å². The van der Waals surface area contributed by atoms with Crippen molar-refractivity contribution in [1.29, 1.82) is 0 Å². The highest BCUT2D eigenvalue weighted by Gasteiger charge is 2.42. The van der Waals surface area contributed by atoms with Crippen molar-refractivity contribution in [2.24, 2.45) is 17.6 Å². The molecule has 110 valence electrons. The molecule has 2 N–H and O–H groups in total. The molecule has 1 saturated heterocycles. The quantitative estimate of drug-likeness (QED) is 0.844. The summed E-state index contributed by atoms with van der Waals surface area (Å²) in [4.78, 5) is 2.86. The Bertz CT molecular complexity index is 291. The second-order valence-corrected chi connectivity index (χ2v) is 7.34. The average molecular weight is 264 g/mol. The van der Waals surface area contributed by atoms with Gasteiger partial charge in [-0.05, 0) is 56.9 Å². The molecule has 3 aliphatic rings. The van der Waals surface area contributed by atoms with Crippen molar-refractivity contribution in [1.82, 2.24) is 4.90 Å². The van der Waals surface area contributed by atoms with Crippen molar-refractivity contribution in [2.45, 2.75) is 89.3 Å². The van der Waals surface area contributed by atoms with Crippen molar-refractivity contribution >= 4 is 0 Å². The fourth-order valence-corrected chi connectivity index (χ4v) is 5.16. The van der Waals surface area contributed by atoms with E-state index in [2.05, 4.69) is 11.8 Å². The second-order valence-electron chi connectivity index (χ2n) is 7.34. The van der Waals surface area contributed by atoms with Gasteiger partial charge in [0.25, 0.3) is 0 Å². The summed E-state index contributed by atoms with van der Waals surface area (Å²) in [5.74, 6) is 1.96. The summed E-state index contributed by atoms with van der Waals surface area (Å²) in [6, 6.07) is 2.05. The Morgan fingerprint density at radius 1 is 1.00 bits per heavy atom. The predicted octanol–water partition coefficient (Wildman–Crippen LogP) is 3.55. The van der Waals surface area contributed by atoms with Crippen molar-refractivity contribution in [3.63, 3.8) is 0 Å². The Balaban J connectivity index is 1.65. The Morgan fingerprint density at radius 2 is 1.84 bits per heavy atom. The number of fused-ring (bicyclic) bond motifs is 1. The molecule has 2 aliphatic carbocycles. The molecule has 0 aromatic carbocycles. The fraction of sp³-hybridized carbons (Fsp3) is 1.00. The highest BCUT2D eigenvalue weighted by atomic mass is 15.2. The van der Waals surface area contributed by atoms with Gasteiger partial charge in [-0.2, -0.15) is 0 Å². The fourth-order valence-electron chi connectivity index (χ4n) is 5.16. The SMILES string of the molecule is CCCC1CCC(N)C(N2CCC3CCCCC32)C1. The minimum absolute atomic E-state index is 0.453. The van der Waals surface area contributed by atoms with E-state index in [0.717, 1.165) is 17.9 Å². The van der Waals surface area contributed by atoms with Gasteiger partial charge in [0.05, 0.1) is 0 Å². The highest BCUT2D eigenvalue weighted by molar-refractivity contribution is 4.98. The summed E-state index contributed by atoms with van der Waals surface area (Å²) >= 11 is 0. The molecule has 2 nitrogen and oxygen atoms in total. The lowest BCUT2D eigenvalue weighted by molar-refractivity contribution is 0.0740. The van der Waals surface area contributed by atoms with Crippen LogP contribution in [0.1, 0.15) is 71.1 Å². The van der Waals surface area contributed by atoms with Crippen LogP contribution in [0.5, 0.6) is 0 Å². The van der Waals surface area contributed by atoms with E-state index in [9.17, 15) is 0 Å². The molecule has 5 atom stereocenters. The van der Waals surface area contributed by atoms with Crippen LogP contribution in [0.3, 0.4) is 0 Å². The third kappa shape index (κ3) is 2.85. The van der Waals surface area contributed by atoms with Crippen molar-refractivity contribution in [2.75, 3.05) is 6.54 Å². The molecule has 19 heavy (non-hydrogen) atoms. The van der Waals surface area contributed by atoms with Gasteiger partial charge in [0.2, 0.25) is 0 Å². The highest BCUT2D eigenvalue weighted by Crippen LogP contribution is 2.40. The summed E-state index contributed by atoms with van der Waals surface area (Å²) in [5, 5.41) is 0. The van der Waals surface area contributed by atoms with Crippen LogP contribution in [0, 0.1) is 11.8 Å². The Hall–Kier alpha value is -0.0800. The molecule has 2 heteroatoms. The monoisotopic (exact) mass is 264 g/mol. The Morgan fingerprint density at radius 3 is 2.68 bits per heavy atom. The molecule has 1 aliphatic heterocycles. The summed E-state index contributed by atoms with van der Waals surface area (Å²) < 4.78 is 0. The van der Waals surface area contributed by atoms with Crippen molar-refractivity contribution in [3.05, 3.63) is 0 Å². The standard InChI is InChI=1S/C17H32N2/c1-2-5-13-8-9-15(18)17(12-13)19-11-10-14-6-3-4-7-16(14)19/h13-17H,2-12,18H2,1H3. The topological polar surface area (TPSA) is 29.3 Å². The molecule has 2 saturated carbocycles.